The van der Waals surface area contributed by atoms with Crippen molar-refractivity contribution in [2.45, 2.75) is 45.1 Å². The van der Waals surface area contributed by atoms with Gasteiger partial charge in [-0.1, -0.05) is 13.3 Å². The van der Waals surface area contributed by atoms with E-state index in [0.29, 0.717) is 6.54 Å². The van der Waals surface area contributed by atoms with E-state index in [2.05, 4.69) is 0 Å². The van der Waals surface area contributed by atoms with Gasteiger partial charge in [0.25, 0.3) is 0 Å². The fourth-order valence-electron chi connectivity index (χ4n) is 1.52. The molecule has 1 fully saturated rings. The third kappa shape index (κ3) is 2.78. The summed E-state index contributed by atoms with van der Waals surface area (Å²) >= 11 is 0. The number of hydrogen-bond acceptors (Lipinski definition) is 3. The Kier molecular flexibility index (Phi) is 3.45. The molecule has 0 aromatic carbocycles. The van der Waals surface area contributed by atoms with Crippen LogP contribution in [-0.4, -0.2) is 18.4 Å². The molecule has 0 saturated heterocycles. The van der Waals surface area contributed by atoms with Gasteiger partial charge in [0, 0.05) is 5.41 Å². The quantitative estimate of drug-likeness (QED) is 0.600. The molecule has 0 aromatic rings. The molecule has 1 saturated carbocycles. The van der Waals surface area contributed by atoms with E-state index in [9.17, 15) is 4.79 Å². The fourth-order valence-corrected chi connectivity index (χ4v) is 1.52. The van der Waals surface area contributed by atoms with Crippen LogP contribution in [0, 0.1) is 5.41 Å². The highest BCUT2D eigenvalue weighted by atomic mass is 16.1. The zero-order chi connectivity index (χ0) is 9.90. The normalized spacial score (nSPS) is 21.2. The van der Waals surface area contributed by atoms with E-state index in [1.807, 2.05) is 6.92 Å². The van der Waals surface area contributed by atoms with E-state index >= 15 is 0 Å². The molecule has 0 bridgehead atoms. The topological polar surface area (TPSA) is 69.1 Å². The van der Waals surface area contributed by atoms with Crippen molar-refractivity contribution in [2.24, 2.45) is 16.9 Å². The zero-order valence-corrected chi connectivity index (χ0v) is 8.38. The van der Waals surface area contributed by atoms with Crippen LogP contribution in [0.5, 0.6) is 0 Å². The SMILES string of the molecule is CC1(C(=O)[C@@H](N)CCCCN)CC1. The molecule has 3 nitrogen and oxygen atoms in total. The van der Waals surface area contributed by atoms with E-state index in [0.717, 1.165) is 32.1 Å². The van der Waals surface area contributed by atoms with E-state index in [1.54, 1.807) is 0 Å². The Morgan fingerprint density at radius 1 is 1.46 bits per heavy atom. The molecule has 0 amide bonds. The predicted octanol–water partition coefficient (Wildman–Crippen LogP) is 0.812. The Hall–Kier alpha value is -0.410. The first-order valence-corrected chi connectivity index (χ1v) is 5.10. The average molecular weight is 184 g/mol. The molecule has 0 radical (unpaired) electrons. The summed E-state index contributed by atoms with van der Waals surface area (Å²) in [4.78, 5) is 11.7. The van der Waals surface area contributed by atoms with Crippen LogP contribution in [-0.2, 0) is 4.79 Å². The number of Topliss-reactive ketones (excluding diaryl/α,β-unsaturated/α-hetero) is 1. The number of rotatable bonds is 6. The number of unbranched alkanes of at least 4 members (excludes halogenated alkanes) is 1. The first-order chi connectivity index (χ1) is 6.10. The summed E-state index contributed by atoms with van der Waals surface area (Å²) in [6.45, 7) is 2.70. The Morgan fingerprint density at radius 3 is 2.54 bits per heavy atom. The third-order valence-corrected chi connectivity index (χ3v) is 2.90. The highest BCUT2D eigenvalue weighted by molar-refractivity contribution is 5.91. The average Bonchev–Trinajstić information content (AvgIpc) is 2.84. The van der Waals surface area contributed by atoms with Crippen molar-refractivity contribution >= 4 is 5.78 Å². The van der Waals surface area contributed by atoms with Gasteiger partial charge in [-0.25, -0.2) is 0 Å². The minimum absolute atomic E-state index is 0.0673. The molecule has 4 N–H and O–H groups in total. The summed E-state index contributed by atoms with van der Waals surface area (Å²) in [5, 5.41) is 0. The van der Waals surface area contributed by atoms with Crippen molar-refractivity contribution in [1.82, 2.24) is 0 Å². The zero-order valence-electron chi connectivity index (χ0n) is 8.38. The van der Waals surface area contributed by atoms with Crippen LogP contribution in [0.3, 0.4) is 0 Å². The molecule has 76 valence electrons. The van der Waals surface area contributed by atoms with E-state index in [4.69, 9.17) is 11.5 Å². The van der Waals surface area contributed by atoms with Gasteiger partial charge in [-0.2, -0.15) is 0 Å². The third-order valence-electron chi connectivity index (χ3n) is 2.90. The van der Waals surface area contributed by atoms with E-state index in [-0.39, 0.29) is 17.2 Å². The first-order valence-electron chi connectivity index (χ1n) is 5.10. The first kappa shape index (κ1) is 10.7. The summed E-state index contributed by atoms with van der Waals surface area (Å²) in [6.07, 6.45) is 4.79. The Bertz CT molecular complexity index is 187. The van der Waals surface area contributed by atoms with Crippen molar-refractivity contribution in [3.8, 4) is 0 Å². The highest BCUT2D eigenvalue weighted by Gasteiger charge is 2.46. The standard InChI is InChI=1S/C10H20N2O/c1-10(5-6-10)9(13)8(12)4-2-3-7-11/h8H,2-7,11-12H2,1H3/t8-/m0/s1. The van der Waals surface area contributed by atoms with Crippen LogP contribution in [0.25, 0.3) is 0 Å². The molecule has 1 aliphatic rings. The lowest BCUT2D eigenvalue weighted by molar-refractivity contribution is -0.125. The number of ketones is 1. The molecule has 1 atom stereocenters. The second-order valence-corrected chi connectivity index (χ2v) is 4.32. The molecule has 1 aliphatic carbocycles. The molecule has 1 rings (SSSR count). The second kappa shape index (κ2) is 4.20. The lowest BCUT2D eigenvalue weighted by Gasteiger charge is -2.14. The van der Waals surface area contributed by atoms with E-state index in [1.165, 1.54) is 0 Å². The van der Waals surface area contributed by atoms with Crippen LogP contribution in [0.4, 0.5) is 0 Å². The molecule has 0 aromatic heterocycles. The van der Waals surface area contributed by atoms with Gasteiger partial charge in [0.05, 0.1) is 6.04 Å². The lowest BCUT2D eigenvalue weighted by atomic mass is 9.94. The van der Waals surface area contributed by atoms with Crippen LogP contribution >= 0.6 is 0 Å². The van der Waals surface area contributed by atoms with Crippen molar-refractivity contribution < 1.29 is 4.79 Å². The maximum absolute atomic E-state index is 11.7. The predicted molar refractivity (Wildman–Crippen MR) is 53.2 cm³/mol. The Morgan fingerprint density at radius 2 is 2.08 bits per heavy atom. The Labute approximate surface area is 79.9 Å². The van der Waals surface area contributed by atoms with Gasteiger partial charge < -0.3 is 11.5 Å². The minimum Gasteiger partial charge on any atom is -0.330 e. The molecule has 0 spiro atoms. The van der Waals surface area contributed by atoms with Crippen LogP contribution in [0.2, 0.25) is 0 Å². The molecular formula is C10H20N2O. The molecule has 13 heavy (non-hydrogen) atoms. The molecule has 0 unspecified atom stereocenters. The number of hydrogen-bond donors (Lipinski definition) is 2. The fraction of sp³-hybridized carbons (Fsp3) is 0.900. The Balaban J connectivity index is 2.22. The van der Waals surface area contributed by atoms with Gasteiger partial charge >= 0.3 is 0 Å². The molecule has 0 heterocycles. The smallest absolute Gasteiger partial charge is 0.155 e. The summed E-state index contributed by atoms with van der Waals surface area (Å²) < 4.78 is 0. The van der Waals surface area contributed by atoms with Gasteiger partial charge in [0.2, 0.25) is 0 Å². The maximum atomic E-state index is 11.7. The van der Waals surface area contributed by atoms with Gasteiger partial charge in [0.1, 0.15) is 0 Å². The molecule has 0 aliphatic heterocycles. The van der Waals surface area contributed by atoms with Gasteiger partial charge in [-0.3, -0.25) is 4.79 Å². The van der Waals surface area contributed by atoms with Crippen molar-refractivity contribution in [2.75, 3.05) is 6.54 Å². The summed E-state index contributed by atoms with van der Waals surface area (Å²) in [5.74, 6) is 0.254. The summed E-state index contributed by atoms with van der Waals surface area (Å²) in [7, 11) is 0. The van der Waals surface area contributed by atoms with Crippen LogP contribution < -0.4 is 11.5 Å². The van der Waals surface area contributed by atoms with Crippen LogP contribution in [0.15, 0.2) is 0 Å². The molecule has 3 heteroatoms. The highest BCUT2D eigenvalue weighted by Crippen LogP contribution is 2.46. The van der Waals surface area contributed by atoms with E-state index < -0.39 is 0 Å². The van der Waals surface area contributed by atoms with Crippen molar-refractivity contribution in [3.63, 3.8) is 0 Å². The number of carbonyl (C=O) groups excluding carboxylic acids is 1. The van der Waals surface area contributed by atoms with Gasteiger partial charge in [0.15, 0.2) is 5.78 Å². The maximum Gasteiger partial charge on any atom is 0.155 e. The number of carbonyl (C=O) groups is 1. The van der Waals surface area contributed by atoms with Gasteiger partial charge in [-0.15, -0.1) is 0 Å². The summed E-state index contributed by atoms with van der Waals surface area (Å²) in [5.41, 5.74) is 11.1. The largest absolute Gasteiger partial charge is 0.330 e. The number of nitrogens with two attached hydrogens (primary N) is 2. The monoisotopic (exact) mass is 184 g/mol. The van der Waals surface area contributed by atoms with Crippen molar-refractivity contribution in [3.05, 3.63) is 0 Å². The minimum atomic E-state index is -0.251. The summed E-state index contributed by atoms with van der Waals surface area (Å²) in [6, 6.07) is -0.251. The second-order valence-electron chi connectivity index (χ2n) is 4.32. The molecular weight excluding hydrogens is 164 g/mol. The van der Waals surface area contributed by atoms with Crippen LogP contribution in [0.1, 0.15) is 39.0 Å². The van der Waals surface area contributed by atoms with Crippen molar-refractivity contribution in [1.29, 1.82) is 0 Å². The van der Waals surface area contributed by atoms with Gasteiger partial charge in [-0.05, 0) is 32.2 Å². The lowest BCUT2D eigenvalue weighted by Crippen LogP contribution is -2.35.